The van der Waals surface area contributed by atoms with Gasteiger partial charge in [-0.15, -0.1) is 0 Å². The van der Waals surface area contributed by atoms with Gasteiger partial charge in [-0.25, -0.2) is 0 Å². The average Bonchev–Trinajstić information content (AvgIpc) is 2.35. The van der Waals surface area contributed by atoms with Crippen LogP contribution in [0.25, 0.3) is 16.8 Å². The van der Waals surface area contributed by atoms with Crippen LogP contribution in [-0.4, -0.2) is 10.2 Å². The molecule has 1 aliphatic carbocycles. The van der Waals surface area contributed by atoms with Crippen molar-refractivity contribution in [2.45, 2.75) is 12.8 Å². The number of allylic oxidation sites excluding steroid dienone is 1. The first-order valence-corrected chi connectivity index (χ1v) is 5.50. The third kappa shape index (κ3) is 1.22. The molecule has 0 spiro atoms. The Hall–Kier alpha value is -2.50. The molecule has 0 radical (unpaired) electrons. The Balaban J connectivity index is 2.53. The molecule has 0 bridgehead atoms. The Morgan fingerprint density at radius 3 is 2.67 bits per heavy atom. The molecule has 0 amide bonds. The van der Waals surface area contributed by atoms with Crippen molar-refractivity contribution in [1.82, 2.24) is 0 Å². The van der Waals surface area contributed by atoms with Gasteiger partial charge in [0.15, 0.2) is 11.5 Å². The number of aromatic nitrogens is 2. The van der Waals surface area contributed by atoms with E-state index in [0.29, 0.717) is 22.3 Å². The van der Waals surface area contributed by atoms with E-state index in [4.69, 9.17) is 0 Å². The molecule has 1 aliphatic rings. The molecular weight excluding hydrogens is 236 g/mol. The van der Waals surface area contributed by atoms with Gasteiger partial charge in [0, 0.05) is 12.5 Å². The van der Waals surface area contributed by atoms with Gasteiger partial charge in [0.25, 0.3) is 11.2 Å². The van der Waals surface area contributed by atoms with Crippen LogP contribution in [0.4, 0.5) is 0 Å². The second-order valence-corrected chi connectivity index (χ2v) is 4.16. The molecule has 0 saturated heterocycles. The number of fused-ring (bicyclic) bond motifs is 2. The Labute approximate surface area is 102 Å². The summed E-state index contributed by atoms with van der Waals surface area (Å²) in [7, 11) is 0. The van der Waals surface area contributed by atoms with Crippen LogP contribution >= 0.6 is 0 Å². The van der Waals surface area contributed by atoms with E-state index in [1.165, 1.54) is 24.3 Å². The molecule has 0 unspecified atom stereocenters. The highest BCUT2D eigenvalue weighted by molar-refractivity contribution is 5.76. The maximum Gasteiger partial charge on any atom is 0.332 e. The number of phenolic OH excluding ortho intramolecular Hbond substituents is 1. The molecular formula is C12H10N2O4. The van der Waals surface area contributed by atoms with Gasteiger partial charge in [0.1, 0.15) is 0 Å². The summed E-state index contributed by atoms with van der Waals surface area (Å²) in [6.07, 6.45) is 2.35. The minimum Gasteiger partial charge on any atom is -0.618 e. The quantitative estimate of drug-likeness (QED) is 0.527. The van der Waals surface area contributed by atoms with E-state index >= 15 is 0 Å². The van der Waals surface area contributed by atoms with Crippen molar-refractivity contribution >= 4 is 16.8 Å². The smallest absolute Gasteiger partial charge is 0.332 e. The number of rotatable bonds is 0. The second-order valence-electron chi connectivity index (χ2n) is 4.16. The minimum absolute atomic E-state index is 0.0330. The number of phenols is 1. The highest BCUT2D eigenvalue weighted by Crippen LogP contribution is 2.24. The normalized spacial score (nSPS) is 14.3. The van der Waals surface area contributed by atoms with Gasteiger partial charge in [0.2, 0.25) is 0 Å². The maximum absolute atomic E-state index is 12.2. The van der Waals surface area contributed by atoms with Crippen LogP contribution in [0.2, 0.25) is 0 Å². The van der Waals surface area contributed by atoms with E-state index < -0.39 is 0 Å². The summed E-state index contributed by atoms with van der Waals surface area (Å²) in [6.45, 7) is 0. The molecule has 3 rings (SSSR count). The first kappa shape index (κ1) is 10.6. The first-order chi connectivity index (χ1) is 8.61. The number of aliphatic hydroxyl groups is 1. The fourth-order valence-corrected chi connectivity index (χ4v) is 2.27. The van der Waals surface area contributed by atoms with Gasteiger partial charge in [0.05, 0.1) is 0 Å². The molecule has 6 heteroatoms. The van der Waals surface area contributed by atoms with E-state index in [2.05, 4.69) is 0 Å². The van der Waals surface area contributed by atoms with Crippen molar-refractivity contribution in [1.29, 1.82) is 0 Å². The van der Waals surface area contributed by atoms with E-state index in [1.807, 2.05) is 0 Å². The Kier molecular flexibility index (Phi) is 2.07. The zero-order valence-electron chi connectivity index (χ0n) is 9.33. The van der Waals surface area contributed by atoms with E-state index in [1.54, 1.807) is 0 Å². The zero-order chi connectivity index (χ0) is 12.9. The largest absolute Gasteiger partial charge is 0.618 e. The fourth-order valence-electron chi connectivity index (χ4n) is 2.27. The number of aliphatic hydroxyl groups excluding tert-OH is 1. The number of aromatic hydroxyl groups is 1. The molecule has 2 N–H and O–H groups in total. The minimum atomic E-state index is -0.246. The van der Waals surface area contributed by atoms with Gasteiger partial charge in [-0.1, -0.05) is 6.07 Å². The first-order valence-electron chi connectivity index (χ1n) is 5.50. The topological polar surface area (TPSA) is 94.3 Å². The lowest BCUT2D eigenvalue weighted by atomic mass is 10.0. The van der Waals surface area contributed by atoms with Gasteiger partial charge in [-0.3, -0.25) is 0 Å². The molecule has 0 aliphatic heterocycles. The highest BCUT2D eigenvalue weighted by atomic mass is 16.5. The number of hydrogen-bond donors (Lipinski definition) is 2. The number of nitrogens with zero attached hydrogens (tertiary/aromatic N) is 2. The SMILES string of the molecule is [O-][n+]1c2c([n+]([O-])c3c(O)cccc31)CCC=C2O. The molecule has 0 atom stereocenters. The van der Waals surface area contributed by atoms with E-state index in [-0.39, 0.29) is 33.9 Å². The molecule has 2 aromatic rings. The second kappa shape index (κ2) is 3.49. The average molecular weight is 246 g/mol. The van der Waals surface area contributed by atoms with Crippen molar-refractivity contribution in [3.8, 4) is 5.75 Å². The van der Waals surface area contributed by atoms with Gasteiger partial charge < -0.3 is 20.6 Å². The summed E-state index contributed by atoms with van der Waals surface area (Å²) < 4.78 is 1.02. The fraction of sp³-hybridized carbons (Fsp3) is 0.167. The van der Waals surface area contributed by atoms with Gasteiger partial charge >= 0.3 is 11.2 Å². The predicted octanol–water partition coefficient (Wildman–Crippen LogP) is 0.657. The molecule has 0 fully saturated rings. The van der Waals surface area contributed by atoms with Crippen LogP contribution in [0, 0.1) is 10.4 Å². The summed E-state index contributed by atoms with van der Waals surface area (Å²) in [5, 5.41) is 43.7. The van der Waals surface area contributed by atoms with E-state index in [0.717, 1.165) is 0 Å². The Morgan fingerprint density at radius 2 is 1.89 bits per heavy atom. The standard InChI is InChI=1S/C12H10N2O4/c15-9-5-1-3-7-11(9)14(18)8-4-2-6-10(16)12(8)13(7)17/h1,3,5-6,15-16H,2,4H2. The number of benzene rings is 1. The van der Waals surface area contributed by atoms with Crippen molar-refractivity contribution in [3.05, 3.63) is 46.1 Å². The van der Waals surface area contributed by atoms with Crippen LogP contribution in [0.5, 0.6) is 5.75 Å². The van der Waals surface area contributed by atoms with Crippen LogP contribution in [0.3, 0.4) is 0 Å². The van der Waals surface area contributed by atoms with Crippen LogP contribution in [0.1, 0.15) is 17.8 Å². The molecule has 6 nitrogen and oxygen atoms in total. The maximum atomic E-state index is 12.2. The van der Waals surface area contributed by atoms with Crippen molar-refractivity contribution in [2.24, 2.45) is 0 Å². The molecule has 92 valence electrons. The lowest BCUT2D eigenvalue weighted by Crippen LogP contribution is -2.46. The van der Waals surface area contributed by atoms with Gasteiger partial charge in [-0.2, -0.15) is 9.46 Å². The van der Waals surface area contributed by atoms with Gasteiger partial charge in [-0.05, 0) is 18.6 Å². The molecule has 1 aromatic carbocycles. The zero-order valence-corrected chi connectivity index (χ0v) is 9.33. The third-order valence-electron chi connectivity index (χ3n) is 3.10. The predicted molar refractivity (Wildman–Crippen MR) is 62.5 cm³/mol. The number of hydrogen-bond acceptors (Lipinski definition) is 4. The van der Waals surface area contributed by atoms with Crippen LogP contribution < -0.4 is 9.46 Å². The monoisotopic (exact) mass is 246 g/mol. The highest BCUT2D eigenvalue weighted by Gasteiger charge is 2.33. The van der Waals surface area contributed by atoms with E-state index in [9.17, 15) is 20.6 Å². The summed E-state index contributed by atoms with van der Waals surface area (Å²) in [5.41, 5.74) is 0.111. The number of para-hydroxylation sites is 1. The molecule has 1 aromatic heterocycles. The summed E-state index contributed by atoms with van der Waals surface area (Å²) >= 11 is 0. The van der Waals surface area contributed by atoms with Crippen LogP contribution in [-0.2, 0) is 6.42 Å². The van der Waals surface area contributed by atoms with Crippen molar-refractivity contribution in [3.63, 3.8) is 0 Å². The lowest BCUT2D eigenvalue weighted by Gasteiger charge is -2.15. The lowest BCUT2D eigenvalue weighted by molar-refractivity contribution is -0.637. The molecule has 18 heavy (non-hydrogen) atoms. The Morgan fingerprint density at radius 1 is 1.11 bits per heavy atom. The van der Waals surface area contributed by atoms with Crippen molar-refractivity contribution in [2.75, 3.05) is 0 Å². The summed E-state index contributed by atoms with van der Waals surface area (Å²) in [6, 6.07) is 4.25. The molecule has 0 saturated carbocycles. The summed E-state index contributed by atoms with van der Waals surface area (Å²) in [5.74, 6) is -0.440. The van der Waals surface area contributed by atoms with Crippen molar-refractivity contribution < 1.29 is 19.7 Å². The Bertz CT molecular complexity index is 694. The summed E-state index contributed by atoms with van der Waals surface area (Å²) in [4.78, 5) is 0. The van der Waals surface area contributed by atoms with Crippen LogP contribution in [0.15, 0.2) is 24.3 Å². The molecule has 1 heterocycles. The third-order valence-corrected chi connectivity index (χ3v) is 3.10.